The van der Waals surface area contributed by atoms with Crippen LogP contribution in [0.1, 0.15) is 36.3 Å². The molecule has 4 rings (SSSR count). The minimum Gasteiger partial charge on any atom is -0.445 e. The van der Waals surface area contributed by atoms with E-state index in [-0.39, 0.29) is 19.0 Å². The molecule has 0 radical (unpaired) electrons. The average Bonchev–Trinajstić information content (AvgIpc) is 3.34. The van der Waals surface area contributed by atoms with E-state index in [4.69, 9.17) is 4.74 Å². The molecule has 1 amide bonds. The molecule has 174 valence electrons. The maximum atomic E-state index is 12.6. The number of nitrogens with zero attached hydrogens (tertiary/aromatic N) is 4. The number of halogens is 3. The Bertz CT molecular complexity index is 1060. The molecular weight excluding hydrogens is 439 g/mol. The second-order valence-electron chi connectivity index (χ2n) is 7.62. The first-order valence-electron chi connectivity index (χ1n) is 10.5. The Morgan fingerprint density at radius 1 is 1.06 bits per heavy atom. The number of alkyl halides is 3. The Morgan fingerprint density at radius 2 is 1.79 bits per heavy atom. The molecule has 2 aromatic heterocycles. The van der Waals surface area contributed by atoms with Crippen LogP contribution in [0.2, 0.25) is 0 Å². The quantitative estimate of drug-likeness (QED) is 0.575. The van der Waals surface area contributed by atoms with E-state index in [0.717, 1.165) is 30.0 Å². The molecule has 8 nitrogen and oxygen atoms in total. The minimum atomic E-state index is -4.69. The van der Waals surface area contributed by atoms with E-state index in [2.05, 4.69) is 29.9 Å². The third kappa shape index (κ3) is 5.99. The number of piperidine rings is 1. The Balaban J connectivity index is 1.23. The molecule has 11 heteroatoms. The maximum Gasteiger partial charge on any atom is 0.471 e. The van der Waals surface area contributed by atoms with Gasteiger partial charge in [-0.15, -0.1) is 0 Å². The highest BCUT2D eigenvalue weighted by Gasteiger charge is 2.38. The number of hydrogen-bond donors (Lipinski definition) is 1. The molecule has 1 aromatic carbocycles. The van der Waals surface area contributed by atoms with E-state index in [0.29, 0.717) is 5.56 Å². The van der Waals surface area contributed by atoms with Crippen molar-refractivity contribution in [3.05, 3.63) is 59.6 Å². The molecule has 33 heavy (non-hydrogen) atoms. The van der Waals surface area contributed by atoms with Gasteiger partial charge in [0.25, 0.3) is 0 Å². The van der Waals surface area contributed by atoms with Crippen LogP contribution in [0.25, 0.3) is 11.4 Å². The fraction of sp³-hybridized carbons (Fsp3) is 0.364. The number of alkyl carbamates (subject to hydrolysis) is 1. The van der Waals surface area contributed by atoms with Gasteiger partial charge in [-0.3, -0.25) is 0 Å². The number of carbonyl (C=O) groups excluding carboxylic acids is 1. The summed E-state index contributed by atoms with van der Waals surface area (Å²) in [7, 11) is 0. The van der Waals surface area contributed by atoms with Crippen molar-refractivity contribution in [2.45, 2.75) is 38.6 Å². The standard InChI is InChI=1S/C22H22F3N5O3/c23-22(24,25)20-28-19(29-33-20)17-7-4-15(5-8-17)12-27-21(31)32-14-16-6-9-18(26-13-16)30-10-2-1-3-11-30/h4-9,13H,1-3,10-12,14H2,(H,27,31). The van der Waals surface area contributed by atoms with Crippen LogP contribution in [-0.2, 0) is 24.1 Å². The number of ether oxygens (including phenoxy) is 1. The van der Waals surface area contributed by atoms with E-state index in [1.165, 1.54) is 19.3 Å². The largest absolute Gasteiger partial charge is 0.471 e. The molecule has 1 saturated heterocycles. The van der Waals surface area contributed by atoms with E-state index >= 15 is 0 Å². The minimum absolute atomic E-state index is 0.0947. The maximum absolute atomic E-state index is 12.6. The molecule has 1 N–H and O–H groups in total. The number of rotatable bonds is 6. The highest BCUT2D eigenvalue weighted by Crippen LogP contribution is 2.29. The van der Waals surface area contributed by atoms with E-state index in [9.17, 15) is 18.0 Å². The average molecular weight is 461 g/mol. The Hall–Kier alpha value is -3.63. The van der Waals surface area contributed by atoms with E-state index < -0.39 is 18.2 Å². The molecule has 1 aliphatic rings. The van der Waals surface area contributed by atoms with Crippen LogP contribution in [0.15, 0.2) is 47.1 Å². The fourth-order valence-corrected chi connectivity index (χ4v) is 3.41. The summed E-state index contributed by atoms with van der Waals surface area (Å²) in [6, 6.07) is 10.2. The summed E-state index contributed by atoms with van der Waals surface area (Å²) in [4.78, 5) is 22.0. The zero-order chi connectivity index (χ0) is 23.3. The monoisotopic (exact) mass is 461 g/mol. The van der Waals surface area contributed by atoms with Crippen molar-refractivity contribution in [2.24, 2.45) is 0 Å². The van der Waals surface area contributed by atoms with Gasteiger partial charge in [-0.05, 0) is 30.9 Å². The third-order valence-corrected chi connectivity index (χ3v) is 5.18. The SMILES string of the molecule is O=C(NCc1ccc(-c2noc(C(F)(F)F)n2)cc1)OCc1ccc(N2CCCCC2)nc1. The number of amides is 1. The van der Waals surface area contributed by atoms with Crippen LogP contribution < -0.4 is 10.2 Å². The predicted molar refractivity (Wildman–Crippen MR) is 112 cm³/mol. The topological polar surface area (TPSA) is 93.4 Å². The first kappa shape index (κ1) is 22.6. The molecule has 0 bridgehead atoms. The van der Waals surface area contributed by atoms with Gasteiger partial charge in [-0.1, -0.05) is 35.5 Å². The molecule has 0 atom stereocenters. The van der Waals surface area contributed by atoms with Gasteiger partial charge in [0.1, 0.15) is 12.4 Å². The molecule has 1 aliphatic heterocycles. The molecule has 0 spiro atoms. The van der Waals surface area contributed by atoms with E-state index in [1.807, 2.05) is 12.1 Å². The number of carbonyl (C=O) groups is 1. The fourth-order valence-electron chi connectivity index (χ4n) is 3.41. The van der Waals surface area contributed by atoms with Crippen molar-refractivity contribution in [2.75, 3.05) is 18.0 Å². The molecular formula is C22H22F3N5O3. The highest BCUT2D eigenvalue weighted by molar-refractivity contribution is 5.67. The zero-order valence-corrected chi connectivity index (χ0v) is 17.6. The second-order valence-corrected chi connectivity index (χ2v) is 7.62. The number of hydrogen-bond acceptors (Lipinski definition) is 7. The van der Waals surface area contributed by atoms with Crippen LogP contribution in [0.3, 0.4) is 0 Å². The van der Waals surface area contributed by atoms with Gasteiger partial charge in [-0.2, -0.15) is 18.2 Å². The molecule has 1 fully saturated rings. The molecule has 0 unspecified atom stereocenters. The predicted octanol–water partition coefficient (Wildman–Crippen LogP) is 4.57. The number of anilines is 1. The Kier molecular flexibility index (Phi) is 6.76. The molecule has 3 heterocycles. The van der Waals surface area contributed by atoms with Crippen molar-refractivity contribution >= 4 is 11.9 Å². The normalized spacial score (nSPS) is 14.2. The van der Waals surface area contributed by atoms with Gasteiger partial charge in [0.15, 0.2) is 0 Å². The first-order chi connectivity index (χ1) is 15.9. The summed E-state index contributed by atoms with van der Waals surface area (Å²) >= 11 is 0. The van der Waals surface area contributed by atoms with Crippen LogP contribution in [0.5, 0.6) is 0 Å². The number of benzene rings is 1. The van der Waals surface area contributed by atoms with Crippen LogP contribution in [0, 0.1) is 0 Å². The van der Waals surface area contributed by atoms with Crippen LogP contribution >= 0.6 is 0 Å². The molecule has 0 aliphatic carbocycles. The lowest BCUT2D eigenvalue weighted by Gasteiger charge is -2.27. The summed E-state index contributed by atoms with van der Waals surface area (Å²) in [6.07, 6.45) is 0.0199. The summed E-state index contributed by atoms with van der Waals surface area (Å²) < 4.78 is 47.2. The van der Waals surface area contributed by atoms with Crippen molar-refractivity contribution in [1.29, 1.82) is 0 Å². The van der Waals surface area contributed by atoms with Gasteiger partial charge in [-0.25, -0.2) is 9.78 Å². The lowest BCUT2D eigenvalue weighted by Crippen LogP contribution is -2.30. The molecule has 0 saturated carbocycles. The van der Waals surface area contributed by atoms with Gasteiger partial charge >= 0.3 is 18.2 Å². The summed E-state index contributed by atoms with van der Waals surface area (Å²) in [5, 5.41) is 5.97. The van der Waals surface area contributed by atoms with Gasteiger partial charge in [0, 0.05) is 37.0 Å². The number of pyridine rings is 1. The van der Waals surface area contributed by atoms with Crippen molar-refractivity contribution < 1.29 is 27.2 Å². The highest BCUT2D eigenvalue weighted by atomic mass is 19.4. The van der Waals surface area contributed by atoms with Crippen LogP contribution in [0.4, 0.5) is 23.8 Å². The number of aromatic nitrogens is 3. The van der Waals surface area contributed by atoms with Gasteiger partial charge in [0.05, 0.1) is 0 Å². The Labute approximate surface area is 187 Å². The number of nitrogens with one attached hydrogen (secondary N) is 1. The summed E-state index contributed by atoms with van der Waals surface area (Å²) in [5.41, 5.74) is 1.87. The first-order valence-corrected chi connectivity index (χ1v) is 10.5. The summed E-state index contributed by atoms with van der Waals surface area (Å²) in [6.45, 7) is 2.30. The molecule has 3 aromatic rings. The lowest BCUT2D eigenvalue weighted by molar-refractivity contribution is -0.159. The smallest absolute Gasteiger partial charge is 0.445 e. The third-order valence-electron chi connectivity index (χ3n) is 5.18. The van der Waals surface area contributed by atoms with Crippen molar-refractivity contribution in [1.82, 2.24) is 20.4 Å². The van der Waals surface area contributed by atoms with Crippen molar-refractivity contribution in [3.63, 3.8) is 0 Å². The van der Waals surface area contributed by atoms with Crippen LogP contribution in [-0.4, -0.2) is 34.3 Å². The van der Waals surface area contributed by atoms with Gasteiger partial charge < -0.3 is 19.5 Å². The summed E-state index contributed by atoms with van der Waals surface area (Å²) in [5.74, 6) is -0.634. The lowest BCUT2D eigenvalue weighted by atomic mass is 10.1. The van der Waals surface area contributed by atoms with E-state index in [1.54, 1.807) is 30.5 Å². The van der Waals surface area contributed by atoms with Gasteiger partial charge in [0.2, 0.25) is 5.82 Å². The second kappa shape index (κ2) is 9.88. The Morgan fingerprint density at radius 3 is 2.42 bits per heavy atom. The van der Waals surface area contributed by atoms with Crippen molar-refractivity contribution in [3.8, 4) is 11.4 Å². The zero-order valence-electron chi connectivity index (χ0n) is 17.6.